The normalized spacial score (nSPS) is 22.9. The van der Waals surface area contributed by atoms with Gasteiger partial charge in [0.15, 0.2) is 6.10 Å². The van der Waals surface area contributed by atoms with Crippen molar-refractivity contribution in [2.45, 2.75) is 31.5 Å². The van der Waals surface area contributed by atoms with Gasteiger partial charge in [0.1, 0.15) is 0 Å². The Labute approximate surface area is 104 Å². The fourth-order valence-corrected chi connectivity index (χ4v) is 1.88. The Hall–Kier alpha value is -1.89. The predicted octanol–water partition coefficient (Wildman–Crippen LogP) is -0.299. The maximum Gasteiger partial charge on any atom is 0.332 e. The van der Waals surface area contributed by atoms with Crippen molar-refractivity contribution in [1.29, 1.82) is 0 Å². The second-order valence-corrected chi connectivity index (χ2v) is 4.23. The second kappa shape index (κ2) is 5.63. The third-order valence-corrected chi connectivity index (χ3v) is 2.82. The summed E-state index contributed by atoms with van der Waals surface area (Å²) >= 11 is 0. The van der Waals surface area contributed by atoms with Gasteiger partial charge in [0.05, 0.1) is 12.5 Å². The van der Waals surface area contributed by atoms with Crippen molar-refractivity contribution < 1.29 is 19.4 Å². The zero-order valence-corrected chi connectivity index (χ0v) is 9.76. The molecule has 2 heterocycles. The van der Waals surface area contributed by atoms with Crippen LogP contribution in [0.15, 0.2) is 12.3 Å². The van der Waals surface area contributed by atoms with Gasteiger partial charge >= 0.3 is 5.97 Å². The number of carbonyl (C=O) groups excluding carboxylic acids is 1. The van der Waals surface area contributed by atoms with Crippen LogP contribution in [-0.4, -0.2) is 45.9 Å². The predicted molar refractivity (Wildman–Crippen MR) is 60.8 cm³/mol. The van der Waals surface area contributed by atoms with E-state index in [0.717, 1.165) is 5.69 Å². The number of ether oxygens (including phenoxy) is 1. The SMILES string of the molecule is O=C(Cc1ccn[nH]1)NCC1CCC(C(=O)O)O1. The standard InChI is InChI=1S/C11H15N3O4/c15-10(5-7-3-4-13-14-7)12-6-8-1-2-9(18-8)11(16)17/h3-4,8-9H,1-2,5-6H2,(H,12,15)(H,13,14)(H,16,17). The topological polar surface area (TPSA) is 104 Å². The summed E-state index contributed by atoms with van der Waals surface area (Å²) in [6, 6.07) is 1.73. The van der Waals surface area contributed by atoms with Gasteiger partial charge in [-0.05, 0) is 18.9 Å². The van der Waals surface area contributed by atoms with Crippen molar-refractivity contribution >= 4 is 11.9 Å². The first kappa shape index (κ1) is 12.6. The number of hydrogen-bond donors (Lipinski definition) is 3. The maximum atomic E-state index is 11.6. The molecule has 1 saturated heterocycles. The molecular weight excluding hydrogens is 238 g/mol. The molecule has 1 aromatic heterocycles. The Morgan fingerprint density at radius 2 is 2.39 bits per heavy atom. The highest BCUT2D eigenvalue weighted by Gasteiger charge is 2.30. The minimum atomic E-state index is -0.943. The number of nitrogens with zero attached hydrogens (tertiary/aromatic N) is 1. The van der Waals surface area contributed by atoms with E-state index < -0.39 is 12.1 Å². The average molecular weight is 253 g/mol. The molecule has 0 spiro atoms. The summed E-state index contributed by atoms with van der Waals surface area (Å²) in [5.41, 5.74) is 0.739. The van der Waals surface area contributed by atoms with Gasteiger partial charge in [-0.3, -0.25) is 9.89 Å². The number of H-pyrrole nitrogens is 1. The minimum Gasteiger partial charge on any atom is -0.479 e. The van der Waals surface area contributed by atoms with E-state index >= 15 is 0 Å². The number of nitrogens with one attached hydrogen (secondary N) is 2. The monoisotopic (exact) mass is 253 g/mol. The van der Waals surface area contributed by atoms with Crippen LogP contribution in [0, 0.1) is 0 Å². The molecule has 1 aliphatic rings. The number of hydrogen-bond acceptors (Lipinski definition) is 4. The highest BCUT2D eigenvalue weighted by Crippen LogP contribution is 2.19. The van der Waals surface area contributed by atoms with Gasteiger partial charge in [0, 0.05) is 18.4 Å². The lowest BCUT2D eigenvalue weighted by Gasteiger charge is -2.11. The van der Waals surface area contributed by atoms with E-state index in [2.05, 4.69) is 15.5 Å². The van der Waals surface area contributed by atoms with E-state index in [1.165, 1.54) is 0 Å². The van der Waals surface area contributed by atoms with Crippen molar-refractivity contribution in [3.63, 3.8) is 0 Å². The molecule has 1 amide bonds. The van der Waals surface area contributed by atoms with Crippen molar-refractivity contribution in [3.05, 3.63) is 18.0 Å². The van der Waals surface area contributed by atoms with Crippen LogP contribution in [0.4, 0.5) is 0 Å². The molecule has 1 aromatic rings. The number of rotatable bonds is 5. The zero-order chi connectivity index (χ0) is 13.0. The van der Waals surface area contributed by atoms with Crippen LogP contribution in [0.25, 0.3) is 0 Å². The molecule has 18 heavy (non-hydrogen) atoms. The molecule has 2 unspecified atom stereocenters. The first-order valence-corrected chi connectivity index (χ1v) is 5.78. The fraction of sp³-hybridized carbons (Fsp3) is 0.545. The van der Waals surface area contributed by atoms with Gasteiger partial charge in [0.2, 0.25) is 5.91 Å². The molecule has 0 bridgehead atoms. The summed E-state index contributed by atoms with van der Waals surface area (Å²) in [5.74, 6) is -1.08. The number of amides is 1. The second-order valence-electron chi connectivity index (χ2n) is 4.23. The lowest BCUT2D eigenvalue weighted by atomic mass is 10.2. The fourth-order valence-electron chi connectivity index (χ4n) is 1.88. The number of carbonyl (C=O) groups is 2. The Balaban J connectivity index is 1.69. The first-order valence-electron chi connectivity index (χ1n) is 5.78. The molecule has 3 N–H and O–H groups in total. The Bertz CT molecular complexity index is 418. The lowest BCUT2D eigenvalue weighted by Crippen LogP contribution is -2.34. The van der Waals surface area contributed by atoms with E-state index in [1.54, 1.807) is 12.3 Å². The van der Waals surface area contributed by atoms with E-state index in [4.69, 9.17) is 9.84 Å². The van der Waals surface area contributed by atoms with Crippen LogP contribution in [0.5, 0.6) is 0 Å². The summed E-state index contributed by atoms with van der Waals surface area (Å²) in [4.78, 5) is 22.2. The Kier molecular flexibility index (Phi) is 3.93. The highest BCUT2D eigenvalue weighted by atomic mass is 16.5. The maximum absolute atomic E-state index is 11.6. The Morgan fingerprint density at radius 3 is 3.00 bits per heavy atom. The van der Waals surface area contributed by atoms with Gasteiger partial charge in [-0.15, -0.1) is 0 Å². The van der Waals surface area contributed by atoms with Crippen LogP contribution in [-0.2, 0) is 20.7 Å². The average Bonchev–Trinajstić information content (AvgIpc) is 2.96. The highest BCUT2D eigenvalue weighted by molar-refractivity contribution is 5.78. The van der Waals surface area contributed by atoms with E-state index in [-0.39, 0.29) is 18.4 Å². The number of aromatic amines is 1. The van der Waals surface area contributed by atoms with Gasteiger partial charge in [0.25, 0.3) is 0 Å². The molecule has 0 aromatic carbocycles. The molecule has 0 radical (unpaired) electrons. The molecule has 1 fully saturated rings. The van der Waals surface area contributed by atoms with Crippen LogP contribution >= 0.6 is 0 Å². The van der Waals surface area contributed by atoms with Gasteiger partial charge in [-0.25, -0.2) is 4.79 Å². The van der Waals surface area contributed by atoms with Crippen LogP contribution in [0.2, 0.25) is 0 Å². The molecule has 2 atom stereocenters. The van der Waals surface area contributed by atoms with E-state index in [0.29, 0.717) is 19.4 Å². The third-order valence-electron chi connectivity index (χ3n) is 2.82. The molecule has 7 nitrogen and oxygen atoms in total. The number of aromatic nitrogens is 2. The molecule has 7 heteroatoms. The smallest absolute Gasteiger partial charge is 0.332 e. The summed E-state index contributed by atoms with van der Waals surface area (Å²) in [6.07, 6.45) is 2.02. The summed E-state index contributed by atoms with van der Waals surface area (Å²) in [5, 5.41) is 17.9. The first-order chi connectivity index (χ1) is 8.65. The summed E-state index contributed by atoms with van der Waals surface area (Å²) < 4.78 is 5.27. The molecular formula is C11H15N3O4. The van der Waals surface area contributed by atoms with Crippen molar-refractivity contribution in [2.24, 2.45) is 0 Å². The molecule has 1 aliphatic heterocycles. The van der Waals surface area contributed by atoms with Crippen LogP contribution < -0.4 is 5.32 Å². The number of aliphatic carboxylic acids is 1. The van der Waals surface area contributed by atoms with Gasteiger partial charge < -0.3 is 15.2 Å². The molecule has 0 aliphatic carbocycles. The van der Waals surface area contributed by atoms with Gasteiger partial charge in [-0.1, -0.05) is 0 Å². The summed E-state index contributed by atoms with van der Waals surface area (Å²) in [7, 11) is 0. The lowest BCUT2D eigenvalue weighted by molar-refractivity contribution is -0.149. The summed E-state index contributed by atoms with van der Waals surface area (Å²) in [6.45, 7) is 0.344. The van der Waals surface area contributed by atoms with Gasteiger partial charge in [-0.2, -0.15) is 5.10 Å². The van der Waals surface area contributed by atoms with E-state index in [1.807, 2.05) is 0 Å². The van der Waals surface area contributed by atoms with Crippen LogP contribution in [0.1, 0.15) is 18.5 Å². The number of carboxylic acid groups (broad SMARTS) is 1. The van der Waals surface area contributed by atoms with Crippen LogP contribution in [0.3, 0.4) is 0 Å². The van der Waals surface area contributed by atoms with E-state index in [9.17, 15) is 9.59 Å². The number of carboxylic acids is 1. The van der Waals surface area contributed by atoms with Crippen molar-refractivity contribution in [1.82, 2.24) is 15.5 Å². The molecule has 0 saturated carbocycles. The third kappa shape index (κ3) is 3.30. The molecule has 2 rings (SSSR count). The van der Waals surface area contributed by atoms with Crippen molar-refractivity contribution in [2.75, 3.05) is 6.54 Å². The van der Waals surface area contributed by atoms with Crippen molar-refractivity contribution in [3.8, 4) is 0 Å². The Morgan fingerprint density at radius 1 is 1.56 bits per heavy atom. The zero-order valence-electron chi connectivity index (χ0n) is 9.76. The minimum absolute atomic E-state index is 0.137. The molecule has 98 valence electrons. The largest absolute Gasteiger partial charge is 0.479 e. The quantitative estimate of drug-likeness (QED) is 0.668.